The predicted octanol–water partition coefficient (Wildman–Crippen LogP) is 2.14. The third kappa shape index (κ3) is 2.79. The number of nitrogens with zero attached hydrogens (tertiary/aromatic N) is 6. The monoisotopic (exact) mass is 431 g/mol. The molecular formula is C21H17N7O2S. The zero-order chi connectivity index (χ0) is 20.9. The lowest BCUT2D eigenvalue weighted by atomic mass is 10.2. The molecule has 154 valence electrons. The minimum absolute atomic E-state index is 0.135. The first kappa shape index (κ1) is 18.0. The summed E-state index contributed by atoms with van der Waals surface area (Å²) in [5.74, 6) is 0.772. The Kier molecular flexibility index (Phi) is 4.00. The zero-order valence-electron chi connectivity index (χ0n) is 16.4. The lowest BCUT2D eigenvalue weighted by Crippen LogP contribution is -2.49. The standard InChI is InChI=1S/C21H17N7O2S/c29-19-13-3-1-2-4-16(13)28-18(25-19)15(11-24-28)21(30)27-8-6-26(7-9-27)17-14-5-10-31-20(14)23-12-22-17/h1-5,10-12H,6-9H2,(H,25,29). The van der Waals surface area contributed by atoms with E-state index < -0.39 is 0 Å². The molecule has 0 spiro atoms. The van der Waals surface area contributed by atoms with E-state index in [1.807, 2.05) is 23.6 Å². The van der Waals surface area contributed by atoms with Gasteiger partial charge in [0.2, 0.25) is 0 Å². The van der Waals surface area contributed by atoms with Gasteiger partial charge in [-0.3, -0.25) is 9.59 Å². The molecule has 6 rings (SSSR count). The molecule has 9 nitrogen and oxygen atoms in total. The number of rotatable bonds is 2. The molecule has 1 aliphatic heterocycles. The first-order chi connectivity index (χ1) is 15.2. The van der Waals surface area contributed by atoms with Crippen molar-refractivity contribution in [1.29, 1.82) is 0 Å². The molecule has 1 saturated heterocycles. The van der Waals surface area contributed by atoms with Crippen LogP contribution < -0.4 is 10.5 Å². The average molecular weight is 431 g/mol. The number of hydrogen-bond donors (Lipinski definition) is 1. The maximum Gasteiger partial charge on any atom is 0.259 e. The largest absolute Gasteiger partial charge is 0.352 e. The molecule has 1 fully saturated rings. The normalized spacial score (nSPS) is 14.7. The SMILES string of the molecule is O=C(c1cnn2c1[nH]c(=O)c1ccccc12)N1CCN(c2ncnc3sccc23)CC1. The predicted molar refractivity (Wildman–Crippen MR) is 119 cm³/mol. The van der Waals surface area contributed by atoms with Crippen molar-refractivity contribution in [3.63, 3.8) is 0 Å². The third-order valence-corrected chi connectivity index (χ3v) is 6.54. The number of thiophene rings is 1. The molecule has 4 aromatic heterocycles. The molecule has 31 heavy (non-hydrogen) atoms. The summed E-state index contributed by atoms with van der Waals surface area (Å²) in [6.45, 7) is 2.46. The van der Waals surface area contributed by atoms with Crippen molar-refractivity contribution in [2.24, 2.45) is 0 Å². The molecule has 5 aromatic rings. The molecule has 1 aromatic carbocycles. The van der Waals surface area contributed by atoms with Crippen molar-refractivity contribution in [1.82, 2.24) is 29.5 Å². The van der Waals surface area contributed by atoms with Crippen molar-refractivity contribution in [3.05, 3.63) is 64.2 Å². The second-order valence-corrected chi connectivity index (χ2v) is 8.30. The van der Waals surface area contributed by atoms with E-state index in [1.54, 1.807) is 39.2 Å². The van der Waals surface area contributed by atoms with Gasteiger partial charge in [0.25, 0.3) is 11.5 Å². The summed E-state index contributed by atoms with van der Waals surface area (Å²) in [7, 11) is 0. The van der Waals surface area contributed by atoms with Crippen LogP contribution in [0.5, 0.6) is 0 Å². The summed E-state index contributed by atoms with van der Waals surface area (Å²) < 4.78 is 1.62. The number of fused-ring (bicyclic) bond motifs is 4. The molecular weight excluding hydrogens is 414 g/mol. The summed E-state index contributed by atoms with van der Waals surface area (Å²) in [5, 5.41) is 7.96. The fourth-order valence-corrected chi connectivity index (χ4v) is 4.88. The highest BCUT2D eigenvalue weighted by atomic mass is 32.1. The van der Waals surface area contributed by atoms with Crippen molar-refractivity contribution in [3.8, 4) is 0 Å². The van der Waals surface area contributed by atoms with Gasteiger partial charge in [-0.15, -0.1) is 11.3 Å². The van der Waals surface area contributed by atoms with Crippen LogP contribution in [0.3, 0.4) is 0 Å². The quantitative estimate of drug-likeness (QED) is 0.460. The Hall–Kier alpha value is -3.79. The maximum absolute atomic E-state index is 13.2. The lowest BCUT2D eigenvalue weighted by Gasteiger charge is -2.35. The van der Waals surface area contributed by atoms with Gasteiger partial charge in [-0.1, -0.05) is 12.1 Å². The topological polar surface area (TPSA) is 99.5 Å². The molecule has 1 aliphatic rings. The molecule has 0 radical (unpaired) electrons. The number of para-hydroxylation sites is 1. The van der Waals surface area contributed by atoms with Gasteiger partial charge in [0.1, 0.15) is 28.2 Å². The number of H-pyrrole nitrogens is 1. The molecule has 5 heterocycles. The van der Waals surface area contributed by atoms with Crippen molar-refractivity contribution >= 4 is 49.8 Å². The molecule has 0 atom stereocenters. The second kappa shape index (κ2) is 6.88. The van der Waals surface area contributed by atoms with Crippen LogP contribution in [-0.2, 0) is 0 Å². The van der Waals surface area contributed by atoms with E-state index >= 15 is 0 Å². The van der Waals surface area contributed by atoms with Crippen LogP contribution in [-0.4, -0.2) is 61.6 Å². The number of anilines is 1. The Morgan fingerprint density at radius 2 is 1.87 bits per heavy atom. The van der Waals surface area contributed by atoms with E-state index in [4.69, 9.17) is 0 Å². The van der Waals surface area contributed by atoms with Crippen LogP contribution in [0.2, 0.25) is 0 Å². The summed E-state index contributed by atoms with van der Waals surface area (Å²) >= 11 is 1.59. The zero-order valence-corrected chi connectivity index (χ0v) is 17.2. The Morgan fingerprint density at radius 1 is 1.03 bits per heavy atom. The number of benzene rings is 1. The van der Waals surface area contributed by atoms with Gasteiger partial charge in [-0.25, -0.2) is 14.5 Å². The molecule has 0 saturated carbocycles. The summed E-state index contributed by atoms with van der Waals surface area (Å²) in [5.41, 5.74) is 1.27. The van der Waals surface area contributed by atoms with E-state index in [2.05, 4.69) is 25.0 Å². The van der Waals surface area contributed by atoms with Crippen molar-refractivity contribution in [2.45, 2.75) is 0 Å². The van der Waals surface area contributed by atoms with E-state index in [0.29, 0.717) is 48.3 Å². The number of piperazine rings is 1. The highest BCUT2D eigenvalue weighted by Crippen LogP contribution is 2.27. The van der Waals surface area contributed by atoms with Gasteiger partial charge < -0.3 is 14.8 Å². The average Bonchev–Trinajstić information content (AvgIpc) is 3.46. The first-order valence-electron chi connectivity index (χ1n) is 9.92. The van der Waals surface area contributed by atoms with Crippen LogP contribution in [0.15, 0.2) is 53.0 Å². The minimum atomic E-state index is -0.231. The minimum Gasteiger partial charge on any atom is -0.352 e. The van der Waals surface area contributed by atoms with Crippen LogP contribution in [0.1, 0.15) is 10.4 Å². The van der Waals surface area contributed by atoms with E-state index in [0.717, 1.165) is 16.0 Å². The van der Waals surface area contributed by atoms with Gasteiger partial charge in [0.15, 0.2) is 0 Å². The number of nitrogens with one attached hydrogen (secondary N) is 1. The molecule has 1 amide bonds. The summed E-state index contributed by atoms with van der Waals surface area (Å²) in [4.78, 5) is 42.3. The Balaban J connectivity index is 1.28. The first-order valence-corrected chi connectivity index (χ1v) is 10.8. The number of carbonyl (C=O) groups excluding carboxylic acids is 1. The number of amides is 1. The smallest absolute Gasteiger partial charge is 0.259 e. The van der Waals surface area contributed by atoms with E-state index in [1.165, 1.54) is 6.20 Å². The van der Waals surface area contributed by atoms with Gasteiger partial charge >= 0.3 is 0 Å². The Labute approximate surface area is 179 Å². The maximum atomic E-state index is 13.2. The molecule has 0 aliphatic carbocycles. The van der Waals surface area contributed by atoms with Gasteiger partial charge in [0.05, 0.1) is 22.5 Å². The fraction of sp³-hybridized carbons (Fsp3) is 0.190. The number of aromatic amines is 1. The van der Waals surface area contributed by atoms with Crippen molar-refractivity contribution in [2.75, 3.05) is 31.1 Å². The van der Waals surface area contributed by atoms with Crippen LogP contribution >= 0.6 is 11.3 Å². The van der Waals surface area contributed by atoms with Gasteiger partial charge in [0, 0.05) is 26.2 Å². The van der Waals surface area contributed by atoms with Crippen LogP contribution in [0, 0.1) is 0 Å². The van der Waals surface area contributed by atoms with Crippen LogP contribution in [0.25, 0.3) is 26.8 Å². The molecule has 1 N–H and O–H groups in total. The Bertz CT molecular complexity index is 1510. The second-order valence-electron chi connectivity index (χ2n) is 7.41. The highest BCUT2D eigenvalue weighted by molar-refractivity contribution is 7.16. The summed E-state index contributed by atoms with van der Waals surface area (Å²) in [6, 6.07) is 9.26. The lowest BCUT2D eigenvalue weighted by molar-refractivity contribution is 0.0748. The highest BCUT2D eigenvalue weighted by Gasteiger charge is 2.26. The molecule has 0 unspecified atom stereocenters. The van der Waals surface area contributed by atoms with E-state index in [-0.39, 0.29) is 11.5 Å². The van der Waals surface area contributed by atoms with Gasteiger partial charge in [-0.2, -0.15) is 5.10 Å². The van der Waals surface area contributed by atoms with E-state index in [9.17, 15) is 9.59 Å². The van der Waals surface area contributed by atoms with Crippen molar-refractivity contribution < 1.29 is 4.79 Å². The summed E-state index contributed by atoms with van der Waals surface area (Å²) in [6.07, 6.45) is 3.12. The van der Waals surface area contributed by atoms with Gasteiger partial charge in [-0.05, 0) is 23.6 Å². The molecule has 10 heteroatoms. The number of carbonyl (C=O) groups is 1. The fourth-order valence-electron chi connectivity index (χ4n) is 4.15. The number of hydrogen-bond acceptors (Lipinski definition) is 7. The van der Waals surface area contributed by atoms with Crippen LogP contribution in [0.4, 0.5) is 5.82 Å². The molecule has 0 bridgehead atoms. The third-order valence-electron chi connectivity index (χ3n) is 5.72. The number of aromatic nitrogens is 5. The Morgan fingerprint density at radius 3 is 2.74 bits per heavy atom.